The Morgan fingerprint density at radius 3 is 2.79 bits per heavy atom. The van der Waals surface area contributed by atoms with Crippen LogP contribution < -0.4 is 11.1 Å². The number of nitrogens with two attached hydrogens (primary N) is 1. The second-order valence-electron chi connectivity index (χ2n) is 4.15. The Bertz CT molecular complexity index is 624. The van der Waals surface area contributed by atoms with E-state index in [9.17, 15) is 9.18 Å². The molecule has 0 aliphatic carbocycles. The number of carbonyl (C=O) groups is 1. The molecule has 0 spiro atoms. The zero-order chi connectivity index (χ0) is 14.0. The smallest absolute Gasteiger partial charge is 0.251 e. The zero-order valence-corrected chi connectivity index (χ0v) is 11.5. The number of carbonyl (C=O) groups excluding carboxylic acids is 1. The van der Waals surface area contributed by atoms with Gasteiger partial charge in [0.2, 0.25) is 0 Å². The van der Waals surface area contributed by atoms with Crippen LogP contribution in [0.1, 0.15) is 25.9 Å². The molecule has 4 nitrogen and oxygen atoms in total. The van der Waals surface area contributed by atoms with Crippen LogP contribution in [0.25, 0.3) is 0 Å². The number of halogens is 1. The minimum absolute atomic E-state index is 0.109. The average Bonchev–Trinajstić information content (AvgIpc) is 2.66. The molecular formula is C13H14FN3OS. The predicted molar refractivity (Wildman–Crippen MR) is 73.8 cm³/mol. The predicted octanol–water partition coefficient (Wildman–Crippen LogP) is 2.61. The van der Waals surface area contributed by atoms with Crippen molar-refractivity contribution in [3.63, 3.8) is 0 Å². The Morgan fingerprint density at radius 1 is 1.47 bits per heavy atom. The number of nitrogens with zero attached hydrogens (tertiary/aromatic N) is 1. The lowest BCUT2D eigenvalue weighted by Gasteiger charge is -2.07. The molecule has 0 saturated carbocycles. The van der Waals surface area contributed by atoms with Crippen LogP contribution in [-0.2, 0) is 6.54 Å². The molecule has 1 heterocycles. The maximum Gasteiger partial charge on any atom is 0.251 e. The van der Waals surface area contributed by atoms with E-state index in [2.05, 4.69) is 10.3 Å². The van der Waals surface area contributed by atoms with Crippen molar-refractivity contribution in [2.45, 2.75) is 20.4 Å². The van der Waals surface area contributed by atoms with E-state index < -0.39 is 11.7 Å². The second-order valence-corrected chi connectivity index (χ2v) is 5.44. The van der Waals surface area contributed by atoms with Gasteiger partial charge in [0.05, 0.1) is 22.8 Å². The number of rotatable bonds is 4. The third-order valence-corrected chi connectivity index (χ3v) is 3.76. The van der Waals surface area contributed by atoms with Gasteiger partial charge in [-0.15, -0.1) is 11.3 Å². The Hall–Kier alpha value is -1.95. The first kappa shape index (κ1) is 13.5. The van der Waals surface area contributed by atoms with Crippen LogP contribution in [-0.4, -0.2) is 10.9 Å². The molecule has 0 aliphatic rings. The van der Waals surface area contributed by atoms with E-state index in [-0.39, 0.29) is 5.56 Å². The van der Waals surface area contributed by atoms with Gasteiger partial charge >= 0.3 is 0 Å². The van der Waals surface area contributed by atoms with Crippen molar-refractivity contribution in [1.29, 1.82) is 0 Å². The minimum Gasteiger partial charge on any atom is -0.380 e. The fourth-order valence-corrected chi connectivity index (χ4v) is 2.62. The molecule has 1 amide bonds. The summed E-state index contributed by atoms with van der Waals surface area (Å²) in [5.74, 6) is -1.38. The van der Waals surface area contributed by atoms with Crippen molar-refractivity contribution < 1.29 is 9.18 Å². The summed E-state index contributed by atoms with van der Waals surface area (Å²) in [6.07, 6.45) is 0. The fourth-order valence-electron chi connectivity index (χ4n) is 1.74. The first-order valence-electron chi connectivity index (χ1n) is 5.73. The number of primary amides is 1. The topological polar surface area (TPSA) is 68.0 Å². The highest BCUT2D eigenvalue weighted by molar-refractivity contribution is 7.11. The number of nitrogens with one attached hydrogen (secondary N) is 1. The van der Waals surface area contributed by atoms with Crippen LogP contribution >= 0.6 is 11.3 Å². The zero-order valence-electron chi connectivity index (χ0n) is 10.7. The number of benzene rings is 1. The fraction of sp³-hybridized carbons (Fsp3) is 0.231. The quantitative estimate of drug-likeness (QED) is 0.904. The highest BCUT2D eigenvalue weighted by atomic mass is 32.1. The number of hydrogen-bond donors (Lipinski definition) is 2. The summed E-state index contributed by atoms with van der Waals surface area (Å²) in [5, 5.41) is 4.14. The molecule has 100 valence electrons. The molecule has 0 fully saturated rings. The van der Waals surface area contributed by atoms with Crippen LogP contribution in [0.3, 0.4) is 0 Å². The Morgan fingerprint density at radius 2 is 2.21 bits per heavy atom. The molecular weight excluding hydrogens is 265 g/mol. The van der Waals surface area contributed by atoms with Crippen molar-refractivity contribution in [2.75, 3.05) is 5.32 Å². The average molecular weight is 279 g/mol. The third kappa shape index (κ3) is 3.08. The lowest BCUT2D eigenvalue weighted by molar-refractivity contribution is 0.0996. The summed E-state index contributed by atoms with van der Waals surface area (Å²) >= 11 is 1.61. The van der Waals surface area contributed by atoms with Crippen molar-refractivity contribution in [3.8, 4) is 0 Å². The SMILES string of the molecule is Cc1nc(C)c(CNc2ccc(F)c(C(N)=O)c2)s1. The third-order valence-electron chi connectivity index (χ3n) is 2.68. The Balaban J connectivity index is 2.14. The van der Waals surface area contributed by atoms with Crippen molar-refractivity contribution in [2.24, 2.45) is 5.73 Å². The van der Waals surface area contributed by atoms with Gasteiger partial charge in [0.1, 0.15) is 5.82 Å². The van der Waals surface area contributed by atoms with Gasteiger partial charge in [0.15, 0.2) is 0 Å². The molecule has 0 atom stereocenters. The van der Waals surface area contributed by atoms with Gasteiger partial charge in [-0.3, -0.25) is 4.79 Å². The van der Waals surface area contributed by atoms with Gasteiger partial charge in [-0.2, -0.15) is 0 Å². The van der Waals surface area contributed by atoms with E-state index in [0.717, 1.165) is 15.6 Å². The number of aromatic nitrogens is 1. The van der Waals surface area contributed by atoms with Gasteiger partial charge in [-0.25, -0.2) is 9.37 Å². The molecule has 0 saturated heterocycles. The van der Waals surface area contributed by atoms with E-state index in [4.69, 9.17) is 5.73 Å². The Kier molecular flexibility index (Phi) is 3.80. The van der Waals surface area contributed by atoms with Gasteiger partial charge in [-0.1, -0.05) is 0 Å². The molecule has 1 aromatic carbocycles. The molecule has 1 aromatic heterocycles. The number of amides is 1. The summed E-state index contributed by atoms with van der Waals surface area (Å²) in [7, 11) is 0. The summed E-state index contributed by atoms with van der Waals surface area (Å²) in [6.45, 7) is 4.48. The van der Waals surface area contributed by atoms with Crippen LogP contribution in [0.15, 0.2) is 18.2 Å². The van der Waals surface area contributed by atoms with Crippen LogP contribution in [0.5, 0.6) is 0 Å². The maximum atomic E-state index is 13.3. The summed E-state index contributed by atoms with van der Waals surface area (Å²) in [4.78, 5) is 16.5. The second kappa shape index (κ2) is 5.36. The van der Waals surface area contributed by atoms with Gasteiger partial charge in [0.25, 0.3) is 5.91 Å². The van der Waals surface area contributed by atoms with E-state index >= 15 is 0 Å². The van der Waals surface area contributed by atoms with E-state index in [1.807, 2.05) is 13.8 Å². The molecule has 0 bridgehead atoms. The molecule has 2 aromatic rings. The molecule has 0 aliphatic heterocycles. The number of hydrogen-bond acceptors (Lipinski definition) is 4. The maximum absolute atomic E-state index is 13.3. The van der Waals surface area contributed by atoms with Crippen LogP contribution in [0, 0.1) is 19.7 Å². The van der Waals surface area contributed by atoms with Crippen LogP contribution in [0.2, 0.25) is 0 Å². The number of anilines is 1. The first-order chi connectivity index (χ1) is 8.97. The molecule has 6 heteroatoms. The summed E-state index contributed by atoms with van der Waals surface area (Å²) in [5.41, 5.74) is 6.63. The standard InChI is InChI=1S/C13H14FN3OS/c1-7-12(19-8(2)17-7)6-16-9-3-4-11(14)10(5-9)13(15)18/h3-5,16H,6H2,1-2H3,(H2,15,18). The van der Waals surface area contributed by atoms with Crippen molar-refractivity contribution in [3.05, 3.63) is 45.2 Å². The van der Waals surface area contributed by atoms with E-state index in [1.54, 1.807) is 17.4 Å². The summed E-state index contributed by atoms with van der Waals surface area (Å²) in [6, 6.07) is 4.22. The molecule has 0 unspecified atom stereocenters. The van der Waals surface area contributed by atoms with Crippen molar-refractivity contribution >= 4 is 22.9 Å². The van der Waals surface area contributed by atoms with Gasteiger partial charge in [0, 0.05) is 10.6 Å². The monoisotopic (exact) mass is 279 g/mol. The van der Waals surface area contributed by atoms with E-state index in [1.165, 1.54) is 12.1 Å². The molecule has 0 radical (unpaired) electrons. The molecule has 3 N–H and O–H groups in total. The number of aryl methyl sites for hydroxylation is 2. The molecule has 19 heavy (non-hydrogen) atoms. The number of thiazole rings is 1. The Labute approximate surface area is 114 Å². The normalized spacial score (nSPS) is 10.5. The van der Waals surface area contributed by atoms with Crippen molar-refractivity contribution in [1.82, 2.24) is 4.98 Å². The van der Waals surface area contributed by atoms with E-state index in [0.29, 0.717) is 12.2 Å². The molecule has 2 rings (SSSR count). The highest BCUT2D eigenvalue weighted by Gasteiger charge is 2.09. The first-order valence-corrected chi connectivity index (χ1v) is 6.55. The lowest BCUT2D eigenvalue weighted by atomic mass is 10.2. The lowest BCUT2D eigenvalue weighted by Crippen LogP contribution is -2.13. The largest absolute Gasteiger partial charge is 0.380 e. The van der Waals surface area contributed by atoms with Gasteiger partial charge in [-0.05, 0) is 32.0 Å². The van der Waals surface area contributed by atoms with Gasteiger partial charge < -0.3 is 11.1 Å². The minimum atomic E-state index is -0.772. The summed E-state index contributed by atoms with van der Waals surface area (Å²) < 4.78 is 13.3. The van der Waals surface area contributed by atoms with Crippen LogP contribution in [0.4, 0.5) is 10.1 Å². The highest BCUT2D eigenvalue weighted by Crippen LogP contribution is 2.20.